The van der Waals surface area contributed by atoms with E-state index in [0.29, 0.717) is 23.1 Å². The van der Waals surface area contributed by atoms with Gasteiger partial charge in [0.2, 0.25) is 0 Å². The van der Waals surface area contributed by atoms with Crippen LogP contribution in [0.25, 0.3) is 5.65 Å². The number of rotatable bonds is 3. The van der Waals surface area contributed by atoms with Gasteiger partial charge in [0.1, 0.15) is 23.3 Å². The maximum atomic E-state index is 9.13. The molecule has 0 aliphatic carbocycles. The molecule has 3 rings (SSSR count). The molecule has 1 aliphatic heterocycles. The largest absolute Gasteiger partial charge is 0.383 e. The second kappa shape index (κ2) is 4.67. The topological polar surface area (TPSA) is 83.2 Å². The SMILES string of the molecule is CCC(CC)N1CCc2c(N)nc3c(C#N)cnn3c21. The summed E-state index contributed by atoms with van der Waals surface area (Å²) < 4.78 is 1.77. The third-order valence-electron chi connectivity index (χ3n) is 4.13. The molecule has 0 fully saturated rings. The van der Waals surface area contributed by atoms with E-state index in [-0.39, 0.29) is 0 Å². The van der Waals surface area contributed by atoms with E-state index < -0.39 is 0 Å². The van der Waals surface area contributed by atoms with Gasteiger partial charge in [0, 0.05) is 18.2 Å². The number of hydrogen-bond acceptors (Lipinski definition) is 5. The monoisotopic (exact) mass is 270 g/mol. The van der Waals surface area contributed by atoms with Crippen LogP contribution >= 0.6 is 0 Å². The van der Waals surface area contributed by atoms with Gasteiger partial charge in [0.15, 0.2) is 5.65 Å². The predicted octanol–water partition coefficient (Wildman–Crippen LogP) is 1.73. The molecule has 0 aromatic carbocycles. The molecule has 0 spiro atoms. The van der Waals surface area contributed by atoms with E-state index in [1.807, 2.05) is 0 Å². The highest BCUT2D eigenvalue weighted by atomic mass is 15.4. The highest BCUT2D eigenvalue weighted by Gasteiger charge is 2.30. The van der Waals surface area contributed by atoms with Crippen LogP contribution in [0.5, 0.6) is 0 Å². The van der Waals surface area contributed by atoms with Gasteiger partial charge in [-0.3, -0.25) is 0 Å². The van der Waals surface area contributed by atoms with Gasteiger partial charge in [-0.15, -0.1) is 0 Å². The Kier molecular flexibility index (Phi) is 2.97. The minimum atomic E-state index is 0.468. The number of nitrogens with two attached hydrogens (primary N) is 1. The zero-order chi connectivity index (χ0) is 14.3. The van der Waals surface area contributed by atoms with Crippen LogP contribution in [-0.2, 0) is 6.42 Å². The van der Waals surface area contributed by atoms with E-state index in [4.69, 9.17) is 11.0 Å². The highest BCUT2D eigenvalue weighted by Crippen LogP contribution is 2.34. The molecule has 20 heavy (non-hydrogen) atoms. The van der Waals surface area contributed by atoms with Crippen LogP contribution in [-0.4, -0.2) is 27.2 Å². The molecular formula is C14H18N6. The number of nitrogens with zero attached hydrogens (tertiary/aromatic N) is 5. The molecule has 2 aromatic rings. The summed E-state index contributed by atoms with van der Waals surface area (Å²) in [6.45, 7) is 5.32. The number of anilines is 2. The molecule has 0 amide bonds. The molecule has 2 N–H and O–H groups in total. The van der Waals surface area contributed by atoms with E-state index in [9.17, 15) is 0 Å². The quantitative estimate of drug-likeness (QED) is 0.918. The lowest BCUT2D eigenvalue weighted by molar-refractivity contribution is 0.563. The Bertz CT molecular complexity index is 692. The van der Waals surface area contributed by atoms with E-state index in [1.54, 1.807) is 10.7 Å². The maximum absolute atomic E-state index is 9.13. The molecular weight excluding hydrogens is 252 g/mol. The zero-order valence-corrected chi connectivity index (χ0v) is 11.8. The molecule has 0 unspecified atom stereocenters. The van der Waals surface area contributed by atoms with Crippen molar-refractivity contribution in [2.75, 3.05) is 17.2 Å². The van der Waals surface area contributed by atoms with Gasteiger partial charge >= 0.3 is 0 Å². The Labute approximate surface area is 117 Å². The third kappa shape index (κ3) is 1.63. The normalized spacial score (nSPS) is 14.0. The molecule has 3 heterocycles. The standard InChI is InChI=1S/C14H18N6/c1-3-10(4-2)19-6-5-11-12(16)18-13-9(7-15)8-17-20(13)14(11)19/h8,10H,3-6H2,1-2H3,(H2,16,18). The second-order valence-corrected chi connectivity index (χ2v) is 5.12. The smallest absolute Gasteiger partial charge is 0.177 e. The van der Waals surface area contributed by atoms with Crippen molar-refractivity contribution in [2.45, 2.75) is 39.2 Å². The van der Waals surface area contributed by atoms with Crippen LogP contribution in [0.15, 0.2) is 6.20 Å². The Hall–Kier alpha value is -2.29. The average Bonchev–Trinajstić information content (AvgIpc) is 3.04. The van der Waals surface area contributed by atoms with E-state index in [1.165, 1.54) is 0 Å². The van der Waals surface area contributed by atoms with Crippen LogP contribution < -0.4 is 10.6 Å². The number of hydrogen-bond donors (Lipinski definition) is 1. The maximum Gasteiger partial charge on any atom is 0.177 e. The summed E-state index contributed by atoms with van der Waals surface area (Å²) >= 11 is 0. The van der Waals surface area contributed by atoms with Gasteiger partial charge in [-0.2, -0.15) is 14.9 Å². The van der Waals surface area contributed by atoms with Crippen LogP contribution in [0.4, 0.5) is 11.6 Å². The first kappa shape index (κ1) is 12.7. The van der Waals surface area contributed by atoms with Crippen molar-refractivity contribution in [3.05, 3.63) is 17.3 Å². The molecule has 6 nitrogen and oxygen atoms in total. The highest BCUT2D eigenvalue weighted by molar-refractivity contribution is 5.70. The molecule has 6 heteroatoms. The van der Waals surface area contributed by atoms with E-state index >= 15 is 0 Å². The number of nitriles is 1. The summed E-state index contributed by atoms with van der Waals surface area (Å²) in [6, 6.07) is 2.59. The summed E-state index contributed by atoms with van der Waals surface area (Å²) in [5.74, 6) is 1.54. The summed E-state index contributed by atoms with van der Waals surface area (Å²) in [6.07, 6.45) is 4.60. The predicted molar refractivity (Wildman–Crippen MR) is 77.5 cm³/mol. The Balaban J connectivity index is 2.24. The summed E-state index contributed by atoms with van der Waals surface area (Å²) in [7, 11) is 0. The minimum absolute atomic E-state index is 0.468. The first-order valence-electron chi connectivity index (χ1n) is 7.04. The van der Waals surface area contributed by atoms with Crippen molar-refractivity contribution in [1.29, 1.82) is 5.26 Å². The van der Waals surface area contributed by atoms with Gasteiger partial charge in [-0.05, 0) is 19.3 Å². The lowest BCUT2D eigenvalue weighted by Gasteiger charge is -2.28. The van der Waals surface area contributed by atoms with Crippen molar-refractivity contribution in [2.24, 2.45) is 0 Å². The molecule has 104 valence electrons. The minimum Gasteiger partial charge on any atom is -0.383 e. The fraction of sp³-hybridized carbons (Fsp3) is 0.500. The van der Waals surface area contributed by atoms with Crippen LogP contribution in [0.2, 0.25) is 0 Å². The molecule has 0 bridgehead atoms. The molecule has 1 aliphatic rings. The molecule has 0 radical (unpaired) electrons. The van der Waals surface area contributed by atoms with Gasteiger partial charge in [-0.1, -0.05) is 13.8 Å². The zero-order valence-electron chi connectivity index (χ0n) is 11.8. The lowest BCUT2D eigenvalue weighted by Crippen LogP contribution is -2.34. The van der Waals surface area contributed by atoms with Crippen molar-refractivity contribution < 1.29 is 0 Å². The first-order valence-corrected chi connectivity index (χ1v) is 7.04. The molecule has 2 aromatic heterocycles. The van der Waals surface area contributed by atoms with E-state index in [2.05, 4.69) is 34.9 Å². The Morgan fingerprint density at radius 1 is 1.45 bits per heavy atom. The third-order valence-corrected chi connectivity index (χ3v) is 4.13. The summed E-state index contributed by atoms with van der Waals surface area (Å²) in [4.78, 5) is 6.71. The Morgan fingerprint density at radius 3 is 2.85 bits per heavy atom. The molecule has 0 saturated heterocycles. The van der Waals surface area contributed by atoms with E-state index in [0.717, 1.165) is 37.2 Å². The van der Waals surface area contributed by atoms with Gasteiger partial charge in [0.05, 0.1) is 6.20 Å². The fourth-order valence-electron chi connectivity index (χ4n) is 3.07. The average molecular weight is 270 g/mol. The van der Waals surface area contributed by atoms with Crippen molar-refractivity contribution in [3.8, 4) is 6.07 Å². The fourth-order valence-corrected chi connectivity index (χ4v) is 3.07. The molecule has 0 saturated carbocycles. The Morgan fingerprint density at radius 2 is 2.20 bits per heavy atom. The molecule has 0 atom stereocenters. The number of nitrogen functional groups attached to an aromatic ring is 1. The van der Waals surface area contributed by atoms with Crippen molar-refractivity contribution in [3.63, 3.8) is 0 Å². The number of aromatic nitrogens is 3. The summed E-state index contributed by atoms with van der Waals surface area (Å²) in [5, 5.41) is 13.5. The van der Waals surface area contributed by atoms with Crippen molar-refractivity contribution in [1.82, 2.24) is 14.6 Å². The number of fused-ring (bicyclic) bond motifs is 3. The van der Waals surface area contributed by atoms with Crippen molar-refractivity contribution >= 4 is 17.3 Å². The van der Waals surface area contributed by atoms with Crippen LogP contribution in [0.3, 0.4) is 0 Å². The second-order valence-electron chi connectivity index (χ2n) is 5.12. The summed E-state index contributed by atoms with van der Waals surface area (Å²) in [5.41, 5.74) is 8.16. The van der Waals surface area contributed by atoms with Gasteiger partial charge in [0.25, 0.3) is 0 Å². The first-order chi connectivity index (χ1) is 9.71. The van der Waals surface area contributed by atoms with Crippen LogP contribution in [0.1, 0.15) is 37.8 Å². The van der Waals surface area contributed by atoms with Gasteiger partial charge in [-0.25, -0.2) is 4.98 Å². The van der Waals surface area contributed by atoms with Crippen LogP contribution in [0, 0.1) is 11.3 Å². The van der Waals surface area contributed by atoms with Gasteiger partial charge < -0.3 is 10.6 Å². The lowest BCUT2D eigenvalue weighted by atomic mass is 10.1.